The van der Waals surface area contributed by atoms with Gasteiger partial charge in [0.15, 0.2) is 5.13 Å². The lowest BCUT2D eigenvalue weighted by atomic mass is 9.98. The zero-order valence-corrected chi connectivity index (χ0v) is 16.2. The molecule has 0 unspecified atom stereocenters. The minimum absolute atomic E-state index is 0.0951. The highest BCUT2D eigenvalue weighted by Gasteiger charge is 2.24. The SMILES string of the molecule is O=C(Cc1csc(N2CCCC2=O)n1)NC(c1ccccc1)c1ccccc1. The molecule has 1 fully saturated rings. The van der Waals surface area contributed by atoms with Crippen LogP contribution < -0.4 is 10.2 Å². The van der Waals surface area contributed by atoms with Crippen molar-refractivity contribution in [3.63, 3.8) is 0 Å². The van der Waals surface area contributed by atoms with Crippen molar-refractivity contribution in [3.05, 3.63) is 82.9 Å². The Morgan fingerprint density at radius 1 is 1.07 bits per heavy atom. The Labute approximate surface area is 168 Å². The number of carbonyl (C=O) groups excluding carboxylic acids is 2. The molecule has 0 bridgehead atoms. The average Bonchev–Trinajstić information content (AvgIpc) is 3.36. The number of benzene rings is 2. The molecule has 1 aliphatic heterocycles. The second-order valence-corrected chi connectivity index (χ2v) is 7.61. The van der Waals surface area contributed by atoms with E-state index in [9.17, 15) is 9.59 Å². The van der Waals surface area contributed by atoms with Gasteiger partial charge in [0.25, 0.3) is 0 Å². The maximum absolute atomic E-state index is 12.7. The van der Waals surface area contributed by atoms with E-state index in [2.05, 4.69) is 10.3 Å². The number of nitrogens with zero attached hydrogens (tertiary/aromatic N) is 2. The van der Waals surface area contributed by atoms with Crippen molar-refractivity contribution in [1.29, 1.82) is 0 Å². The van der Waals surface area contributed by atoms with Crippen LogP contribution in [0.25, 0.3) is 0 Å². The van der Waals surface area contributed by atoms with E-state index in [1.54, 1.807) is 4.90 Å². The highest BCUT2D eigenvalue weighted by Crippen LogP contribution is 2.26. The van der Waals surface area contributed by atoms with Gasteiger partial charge in [-0.1, -0.05) is 60.7 Å². The molecule has 6 heteroatoms. The quantitative estimate of drug-likeness (QED) is 0.697. The third-order valence-electron chi connectivity index (χ3n) is 4.76. The fraction of sp³-hybridized carbons (Fsp3) is 0.227. The standard InChI is InChI=1S/C22H21N3O2S/c26-19(14-18-15-28-22(23-18)25-13-7-12-20(25)27)24-21(16-8-3-1-4-9-16)17-10-5-2-6-11-17/h1-6,8-11,15,21H,7,12-14H2,(H,24,26). The van der Waals surface area contributed by atoms with Gasteiger partial charge >= 0.3 is 0 Å². The third-order valence-corrected chi connectivity index (χ3v) is 5.67. The first-order chi connectivity index (χ1) is 13.7. The van der Waals surface area contributed by atoms with E-state index in [1.807, 2.05) is 66.0 Å². The van der Waals surface area contributed by atoms with Gasteiger partial charge in [0, 0.05) is 18.3 Å². The molecule has 3 aromatic rings. The van der Waals surface area contributed by atoms with Crippen LogP contribution >= 0.6 is 11.3 Å². The predicted molar refractivity (Wildman–Crippen MR) is 110 cm³/mol. The Morgan fingerprint density at radius 3 is 2.29 bits per heavy atom. The van der Waals surface area contributed by atoms with Gasteiger partial charge in [-0.25, -0.2) is 4.98 Å². The summed E-state index contributed by atoms with van der Waals surface area (Å²) in [5.41, 5.74) is 2.75. The van der Waals surface area contributed by atoms with E-state index in [0.717, 1.165) is 17.5 Å². The number of rotatable bonds is 6. The Balaban J connectivity index is 1.48. The topological polar surface area (TPSA) is 62.3 Å². The minimum atomic E-state index is -0.215. The van der Waals surface area contributed by atoms with Gasteiger partial charge in [0.05, 0.1) is 18.2 Å². The number of hydrogen-bond acceptors (Lipinski definition) is 4. The van der Waals surface area contributed by atoms with Crippen LogP contribution in [-0.4, -0.2) is 23.3 Å². The summed E-state index contributed by atoms with van der Waals surface area (Å²) in [6.45, 7) is 0.710. The van der Waals surface area contributed by atoms with Crippen molar-refractivity contribution in [3.8, 4) is 0 Å². The Kier molecular flexibility index (Phi) is 5.48. The first-order valence-electron chi connectivity index (χ1n) is 9.35. The third kappa shape index (κ3) is 4.12. The normalized spacial score (nSPS) is 13.9. The van der Waals surface area contributed by atoms with Gasteiger partial charge < -0.3 is 5.32 Å². The molecule has 4 rings (SSSR count). The van der Waals surface area contributed by atoms with Crippen molar-refractivity contribution in [2.45, 2.75) is 25.3 Å². The summed E-state index contributed by atoms with van der Waals surface area (Å²) in [5.74, 6) is 0.0147. The Bertz CT molecular complexity index is 917. The van der Waals surface area contributed by atoms with Crippen LogP contribution in [0.1, 0.15) is 35.7 Å². The molecule has 2 heterocycles. The van der Waals surface area contributed by atoms with E-state index in [4.69, 9.17) is 0 Å². The smallest absolute Gasteiger partial charge is 0.228 e. The molecule has 1 aliphatic rings. The zero-order chi connectivity index (χ0) is 19.3. The van der Waals surface area contributed by atoms with Crippen LogP contribution in [0, 0.1) is 0 Å². The number of carbonyl (C=O) groups is 2. The van der Waals surface area contributed by atoms with Gasteiger partial charge in [0.1, 0.15) is 0 Å². The summed E-state index contributed by atoms with van der Waals surface area (Å²) in [4.78, 5) is 30.8. The van der Waals surface area contributed by atoms with Gasteiger partial charge in [-0.3, -0.25) is 14.5 Å². The monoisotopic (exact) mass is 391 g/mol. The molecule has 2 amide bonds. The molecular weight excluding hydrogens is 370 g/mol. The van der Waals surface area contributed by atoms with E-state index >= 15 is 0 Å². The zero-order valence-electron chi connectivity index (χ0n) is 15.4. The highest BCUT2D eigenvalue weighted by molar-refractivity contribution is 7.14. The van der Waals surface area contributed by atoms with Crippen LogP contribution in [0.3, 0.4) is 0 Å². The van der Waals surface area contributed by atoms with E-state index in [-0.39, 0.29) is 24.3 Å². The second-order valence-electron chi connectivity index (χ2n) is 6.77. The molecule has 0 spiro atoms. The minimum Gasteiger partial charge on any atom is -0.345 e. The molecule has 142 valence electrons. The first kappa shape index (κ1) is 18.4. The lowest BCUT2D eigenvalue weighted by Gasteiger charge is -2.19. The molecule has 0 aliphatic carbocycles. The maximum Gasteiger partial charge on any atom is 0.228 e. The van der Waals surface area contributed by atoms with Gasteiger partial charge in [-0.15, -0.1) is 11.3 Å². The van der Waals surface area contributed by atoms with Crippen LogP contribution in [0.2, 0.25) is 0 Å². The summed E-state index contributed by atoms with van der Waals surface area (Å²) in [6.07, 6.45) is 1.63. The largest absolute Gasteiger partial charge is 0.345 e. The average molecular weight is 391 g/mol. The van der Waals surface area contributed by atoms with Crippen LogP contribution in [0.5, 0.6) is 0 Å². The summed E-state index contributed by atoms with van der Waals surface area (Å²) in [6, 6.07) is 19.6. The lowest BCUT2D eigenvalue weighted by Crippen LogP contribution is -2.30. The second kappa shape index (κ2) is 8.35. The first-order valence-corrected chi connectivity index (χ1v) is 10.2. The van der Waals surface area contributed by atoms with E-state index in [0.29, 0.717) is 23.8 Å². The molecule has 0 radical (unpaired) electrons. The summed E-state index contributed by atoms with van der Waals surface area (Å²) in [5, 5.41) is 5.68. The molecule has 2 aromatic carbocycles. The van der Waals surface area contributed by atoms with Crippen molar-refractivity contribution >= 4 is 28.3 Å². The number of aromatic nitrogens is 1. The van der Waals surface area contributed by atoms with Gasteiger partial charge in [0.2, 0.25) is 11.8 Å². The van der Waals surface area contributed by atoms with Crippen molar-refractivity contribution in [1.82, 2.24) is 10.3 Å². The Hall–Kier alpha value is -2.99. The van der Waals surface area contributed by atoms with Crippen molar-refractivity contribution < 1.29 is 9.59 Å². The lowest BCUT2D eigenvalue weighted by molar-refractivity contribution is -0.121. The molecule has 0 saturated carbocycles. The fourth-order valence-electron chi connectivity index (χ4n) is 3.38. The van der Waals surface area contributed by atoms with Crippen LogP contribution in [0.4, 0.5) is 5.13 Å². The van der Waals surface area contributed by atoms with Crippen molar-refractivity contribution in [2.24, 2.45) is 0 Å². The molecule has 0 atom stereocenters. The van der Waals surface area contributed by atoms with E-state index in [1.165, 1.54) is 11.3 Å². The molecule has 28 heavy (non-hydrogen) atoms. The number of thiazole rings is 1. The van der Waals surface area contributed by atoms with E-state index < -0.39 is 0 Å². The summed E-state index contributed by atoms with van der Waals surface area (Å²) < 4.78 is 0. The molecule has 1 N–H and O–H groups in total. The van der Waals surface area contributed by atoms with Gasteiger partial charge in [-0.05, 0) is 17.5 Å². The van der Waals surface area contributed by atoms with Gasteiger partial charge in [-0.2, -0.15) is 0 Å². The number of nitrogens with one attached hydrogen (secondary N) is 1. The van der Waals surface area contributed by atoms with Crippen molar-refractivity contribution in [2.75, 3.05) is 11.4 Å². The Morgan fingerprint density at radius 2 is 1.71 bits per heavy atom. The maximum atomic E-state index is 12.7. The molecular formula is C22H21N3O2S. The van der Waals surface area contributed by atoms with Crippen LogP contribution in [-0.2, 0) is 16.0 Å². The summed E-state index contributed by atoms with van der Waals surface area (Å²) in [7, 11) is 0. The predicted octanol–water partition coefficient (Wildman–Crippen LogP) is 3.72. The molecule has 1 aromatic heterocycles. The fourth-order valence-corrected chi connectivity index (χ4v) is 4.25. The highest BCUT2D eigenvalue weighted by atomic mass is 32.1. The summed E-state index contributed by atoms with van der Waals surface area (Å²) >= 11 is 1.42. The number of hydrogen-bond donors (Lipinski definition) is 1. The molecule has 5 nitrogen and oxygen atoms in total. The van der Waals surface area contributed by atoms with Crippen LogP contribution in [0.15, 0.2) is 66.0 Å². The molecule has 1 saturated heterocycles. The number of amides is 2. The number of anilines is 1.